The Morgan fingerprint density at radius 3 is 2.52 bits per heavy atom. The molecule has 0 aromatic heterocycles. The zero-order valence-electron chi connectivity index (χ0n) is 12.7. The highest BCUT2D eigenvalue weighted by Crippen LogP contribution is 2.42. The first-order valence-corrected chi connectivity index (χ1v) is 7.34. The van der Waals surface area contributed by atoms with Crippen LogP contribution in [0.15, 0.2) is 23.0 Å². The molecule has 2 aromatic rings. The summed E-state index contributed by atoms with van der Waals surface area (Å²) >= 11 is 0. The molecule has 3 nitrogen and oxygen atoms in total. The second kappa shape index (κ2) is 4.48. The minimum Gasteiger partial charge on any atom is -0.507 e. The van der Waals surface area contributed by atoms with Gasteiger partial charge in [0.2, 0.25) is 5.43 Å². The first-order chi connectivity index (χ1) is 9.81. The number of hydrogen-bond donors (Lipinski definition) is 2. The summed E-state index contributed by atoms with van der Waals surface area (Å²) in [5.41, 5.74) is 2.33. The number of aromatic hydroxyl groups is 2. The van der Waals surface area contributed by atoms with Crippen LogP contribution in [-0.4, -0.2) is 10.2 Å². The monoisotopic (exact) mass is 284 g/mol. The van der Waals surface area contributed by atoms with E-state index in [1.807, 2.05) is 6.07 Å². The summed E-state index contributed by atoms with van der Waals surface area (Å²) in [7, 11) is 0. The molecule has 0 radical (unpaired) electrons. The van der Waals surface area contributed by atoms with Crippen LogP contribution < -0.4 is 5.43 Å². The van der Waals surface area contributed by atoms with Gasteiger partial charge >= 0.3 is 0 Å². The predicted octanol–water partition coefficient (Wildman–Crippen LogP) is 3.53. The molecule has 0 unspecified atom stereocenters. The van der Waals surface area contributed by atoms with Crippen molar-refractivity contribution in [2.75, 3.05) is 0 Å². The van der Waals surface area contributed by atoms with Gasteiger partial charge in [-0.15, -0.1) is 0 Å². The Labute approximate surface area is 123 Å². The van der Waals surface area contributed by atoms with E-state index in [9.17, 15) is 15.0 Å². The maximum absolute atomic E-state index is 12.1. The molecule has 1 aliphatic carbocycles. The van der Waals surface area contributed by atoms with Gasteiger partial charge in [-0.05, 0) is 71.9 Å². The number of aryl methyl sites for hydroxylation is 2. The number of benzene rings is 1. The van der Waals surface area contributed by atoms with Gasteiger partial charge in [0, 0.05) is 5.39 Å². The average molecular weight is 284 g/mol. The second-order valence-electron chi connectivity index (χ2n) is 6.67. The van der Waals surface area contributed by atoms with Crippen molar-refractivity contribution in [3.05, 3.63) is 45.1 Å². The Bertz CT molecular complexity index is 804. The molecule has 21 heavy (non-hydrogen) atoms. The highest BCUT2D eigenvalue weighted by molar-refractivity contribution is 5.92. The molecule has 0 spiro atoms. The van der Waals surface area contributed by atoms with E-state index in [0.717, 1.165) is 35.8 Å². The Kier molecular flexibility index (Phi) is 2.97. The van der Waals surface area contributed by atoms with Crippen LogP contribution in [0.5, 0.6) is 11.5 Å². The summed E-state index contributed by atoms with van der Waals surface area (Å²) in [4.78, 5) is 12.1. The lowest BCUT2D eigenvalue weighted by Gasteiger charge is -2.33. The number of rotatable bonds is 0. The van der Waals surface area contributed by atoms with Crippen LogP contribution in [0.1, 0.15) is 43.4 Å². The smallest absolute Gasteiger partial charge is 0.221 e. The number of fused-ring (bicyclic) bond motifs is 3. The quantitative estimate of drug-likeness (QED) is 0.778. The van der Waals surface area contributed by atoms with Gasteiger partial charge in [-0.1, -0.05) is 13.8 Å². The zero-order chi connectivity index (χ0) is 15.4. The van der Waals surface area contributed by atoms with Crippen molar-refractivity contribution >= 4 is 10.8 Å². The maximum Gasteiger partial charge on any atom is 0.221 e. The molecule has 3 heteroatoms. The molecule has 2 N–H and O–H groups in total. The van der Waals surface area contributed by atoms with E-state index in [2.05, 4.69) is 13.8 Å². The summed E-state index contributed by atoms with van der Waals surface area (Å²) < 4.78 is 0. The van der Waals surface area contributed by atoms with E-state index >= 15 is 0 Å². The van der Waals surface area contributed by atoms with Crippen molar-refractivity contribution < 1.29 is 10.2 Å². The fraction of sp³-hybridized carbons (Fsp3) is 0.389. The van der Waals surface area contributed by atoms with E-state index in [-0.39, 0.29) is 16.9 Å². The molecule has 3 rings (SSSR count). The van der Waals surface area contributed by atoms with Crippen LogP contribution in [0.3, 0.4) is 0 Å². The molecule has 0 atom stereocenters. The summed E-state index contributed by atoms with van der Waals surface area (Å²) in [5.74, 6) is -0.0637. The summed E-state index contributed by atoms with van der Waals surface area (Å²) in [6, 6.07) is 5.00. The topological polar surface area (TPSA) is 57.5 Å². The highest BCUT2D eigenvalue weighted by Gasteiger charge is 2.29. The first kappa shape index (κ1) is 13.9. The number of hydrogen-bond acceptors (Lipinski definition) is 3. The van der Waals surface area contributed by atoms with Gasteiger partial charge < -0.3 is 10.2 Å². The molecule has 0 bridgehead atoms. The minimum atomic E-state index is -0.390. The van der Waals surface area contributed by atoms with Crippen molar-refractivity contribution in [2.45, 2.75) is 45.4 Å². The van der Waals surface area contributed by atoms with Gasteiger partial charge in [0.15, 0.2) is 5.75 Å². The molecule has 0 saturated heterocycles. The van der Waals surface area contributed by atoms with E-state index in [1.54, 1.807) is 13.0 Å². The van der Waals surface area contributed by atoms with Gasteiger partial charge in [0.1, 0.15) is 5.75 Å². The molecule has 0 fully saturated rings. The SMILES string of the molecule is Cc1cc2c(O)cc3c(c2cc(=O)c1O)CCCC3(C)C. The van der Waals surface area contributed by atoms with Gasteiger partial charge in [-0.2, -0.15) is 0 Å². The third-order valence-corrected chi connectivity index (χ3v) is 4.70. The van der Waals surface area contributed by atoms with Crippen LogP contribution >= 0.6 is 0 Å². The standard InChI is InChI=1S/C18H20O3/c1-10-7-13-12(8-16(20)17(10)21)11-5-4-6-18(2,3)14(11)9-15(13)19/h7-9,19H,4-6H2,1-3H3,(H,20,21). The fourth-order valence-corrected chi connectivity index (χ4v) is 3.46. The number of phenolic OH excluding ortho intramolecular Hbond substituents is 1. The molecular formula is C18H20O3. The molecule has 1 aliphatic rings. The van der Waals surface area contributed by atoms with Gasteiger partial charge in [0.25, 0.3) is 0 Å². The van der Waals surface area contributed by atoms with Crippen molar-refractivity contribution in [1.82, 2.24) is 0 Å². The second-order valence-corrected chi connectivity index (χ2v) is 6.67. The van der Waals surface area contributed by atoms with Crippen molar-refractivity contribution in [2.24, 2.45) is 0 Å². The molecule has 0 amide bonds. The summed E-state index contributed by atoms with van der Waals surface area (Å²) in [6.45, 7) is 6.01. The van der Waals surface area contributed by atoms with Crippen LogP contribution in [0.25, 0.3) is 10.8 Å². The summed E-state index contributed by atoms with van der Waals surface area (Å²) in [5, 5.41) is 21.7. The van der Waals surface area contributed by atoms with E-state index in [4.69, 9.17) is 0 Å². The van der Waals surface area contributed by atoms with Crippen LogP contribution in [0.4, 0.5) is 0 Å². The van der Waals surface area contributed by atoms with E-state index in [0.29, 0.717) is 10.9 Å². The predicted molar refractivity (Wildman–Crippen MR) is 84.2 cm³/mol. The lowest BCUT2D eigenvalue weighted by atomic mass is 9.71. The Balaban J connectivity index is 2.53. The van der Waals surface area contributed by atoms with E-state index < -0.39 is 5.43 Å². The fourth-order valence-electron chi connectivity index (χ4n) is 3.46. The molecular weight excluding hydrogens is 264 g/mol. The largest absolute Gasteiger partial charge is 0.507 e. The van der Waals surface area contributed by atoms with E-state index in [1.165, 1.54) is 6.07 Å². The van der Waals surface area contributed by atoms with Crippen LogP contribution in [0.2, 0.25) is 0 Å². The first-order valence-electron chi connectivity index (χ1n) is 7.34. The van der Waals surface area contributed by atoms with Crippen molar-refractivity contribution in [3.8, 4) is 11.5 Å². The Hall–Kier alpha value is -2.03. The highest BCUT2D eigenvalue weighted by atomic mass is 16.3. The average Bonchev–Trinajstić information content (AvgIpc) is 2.52. The molecule has 0 aliphatic heterocycles. The lowest BCUT2D eigenvalue weighted by molar-refractivity contribution is 0.426. The lowest BCUT2D eigenvalue weighted by Crippen LogP contribution is -2.23. The van der Waals surface area contributed by atoms with Gasteiger partial charge in [-0.3, -0.25) is 4.79 Å². The Morgan fingerprint density at radius 1 is 1.10 bits per heavy atom. The number of phenols is 1. The molecule has 2 aromatic carbocycles. The third kappa shape index (κ3) is 2.08. The Morgan fingerprint density at radius 2 is 1.81 bits per heavy atom. The van der Waals surface area contributed by atoms with Gasteiger partial charge in [0.05, 0.1) is 0 Å². The third-order valence-electron chi connectivity index (χ3n) is 4.70. The normalized spacial score (nSPS) is 16.7. The maximum atomic E-state index is 12.1. The molecule has 0 saturated carbocycles. The molecule has 0 heterocycles. The summed E-state index contributed by atoms with van der Waals surface area (Å²) in [6.07, 6.45) is 3.04. The molecule has 110 valence electrons. The van der Waals surface area contributed by atoms with Crippen LogP contribution in [-0.2, 0) is 11.8 Å². The van der Waals surface area contributed by atoms with Crippen molar-refractivity contribution in [3.63, 3.8) is 0 Å². The zero-order valence-corrected chi connectivity index (χ0v) is 12.7. The van der Waals surface area contributed by atoms with Crippen LogP contribution in [0, 0.1) is 6.92 Å². The van der Waals surface area contributed by atoms with Crippen molar-refractivity contribution in [1.29, 1.82) is 0 Å². The van der Waals surface area contributed by atoms with Gasteiger partial charge in [-0.25, -0.2) is 0 Å². The minimum absolute atomic E-state index is 0.00615.